The van der Waals surface area contributed by atoms with Crippen molar-refractivity contribution in [3.05, 3.63) is 83.5 Å². The van der Waals surface area contributed by atoms with Crippen molar-refractivity contribution in [2.45, 2.75) is 26.4 Å². The average Bonchev–Trinajstić information content (AvgIpc) is 2.60. The molecule has 2 nitrogen and oxygen atoms in total. The van der Waals surface area contributed by atoms with E-state index in [2.05, 4.69) is 37.3 Å². The normalized spacial score (nSPS) is 13.5. The molecule has 0 atom stereocenters. The van der Waals surface area contributed by atoms with Crippen LogP contribution in [0.15, 0.2) is 72.3 Å². The molecule has 118 valence electrons. The van der Waals surface area contributed by atoms with Gasteiger partial charge in [0.1, 0.15) is 24.7 Å². The van der Waals surface area contributed by atoms with Crippen molar-refractivity contribution in [3.63, 3.8) is 0 Å². The van der Waals surface area contributed by atoms with Gasteiger partial charge in [-0.25, -0.2) is 0 Å². The Morgan fingerprint density at radius 1 is 0.870 bits per heavy atom. The zero-order valence-corrected chi connectivity index (χ0v) is 13.5. The molecule has 2 aromatic rings. The summed E-state index contributed by atoms with van der Waals surface area (Å²) in [6.45, 7) is 3.23. The van der Waals surface area contributed by atoms with Crippen molar-refractivity contribution in [2.75, 3.05) is 6.61 Å². The number of benzene rings is 2. The third-order valence-corrected chi connectivity index (χ3v) is 3.75. The topological polar surface area (TPSA) is 18.5 Å². The second kappa shape index (κ2) is 7.68. The highest BCUT2D eigenvalue weighted by Gasteiger charge is 2.04. The van der Waals surface area contributed by atoms with Crippen molar-refractivity contribution < 1.29 is 9.47 Å². The molecular weight excluding hydrogens is 284 g/mol. The van der Waals surface area contributed by atoms with Gasteiger partial charge in [0.2, 0.25) is 0 Å². The van der Waals surface area contributed by atoms with Gasteiger partial charge in [-0.05, 0) is 48.6 Å². The molecule has 0 N–H and O–H groups in total. The molecular formula is C21H22O2. The first-order valence-corrected chi connectivity index (χ1v) is 8.06. The van der Waals surface area contributed by atoms with E-state index < -0.39 is 0 Å². The Bertz CT molecular complexity index is 699. The van der Waals surface area contributed by atoms with E-state index in [1.165, 1.54) is 5.57 Å². The van der Waals surface area contributed by atoms with Crippen LogP contribution in [0.2, 0.25) is 0 Å². The van der Waals surface area contributed by atoms with E-state index in [0.717, 1.165) is 35.5 Å². The maximum absolute atomic E-state index is 5.92. The van der Waals surface area contributed by atoms with Gasteiger partial charge in [-0.2, -0.15) is 0 Å². The second-order valence-corrected chi connectivity index (χ2v) is 5.80. The molecule has 0 unspecified atom stereocenters. The fourth-order valence-corrected chi connectivity index (χ4v) is 2.56. The van der Waals surface area contributed by atoms with Gasteiger partial charge in [-0.3, -0.25) is 0 Å². The maximum Gasteiger partial charge on any atom is 0.123 e. The second-order valence-electron chi connectivity index (χ2n) is 5.80. The average molecular weight is 306 g/mol. The van der Waals surface area contributed by atoms with Crippen LogP contribution in [-0.2, 0) is 6.61 Å². The van der Waals surface area contributed by atoms with Crippen LogP contribution in [0.1, 0.15) is 24.0 Å². The van der Waals surface area contributed by atoms with E-state index in [1.807, 2.05) is 36.4 Å². The van der Waals surface area contributed by atoms with Gasteiger partial charge in [-0.15, -0.1) is 0 Å². The minimum absolute atomic E-state index is 0.567. The van der Waals surface area contributed by atoms with Crippen LogP contribution in [-0.4, -0.2) is 6.61 Å². The molecule has 0 amide bonds. The summed E-state index contributed by atoms with van der Waals surface area (Å²) in [5, 5.41) is 0. The highest BCUT2D eigenvalue weighted by Crippen LogP contribution is 2.24. The number of ether oxygens (including phenoxy) is 2. The van der Waals surface area contributed by atoms with Crippen molar-refractivity contribution in [3.8, 4) is 11.5 Å². The van der Waals surface area contributed by atoms with E-state index in [1.54, 1.807) is 0 Å². The fraction of sp³-hybridized carbons (Fsp3) is 0.238. The third-order valence-electron chi connectivity index (χ3n) is 3.75. The van der Waals surface area contributed by atoms with Crippen LogP contribution in [0.25, 0.3) is 0 Å². The molecule has 3 rings (SSSR count). The van der Waals surface area contributed by atoms with Crippen molar-refractivity contribution >= 4 is 0 Å². The summed E-state index contributed by atoms with van der Waals surface area (Å²) in [4.78, 5) is 0. The molecule has 1 aliphatic rings. The standard InChI is InChI=1S/C21H22O2/c1-17-12-20(22-15-18-8-4-2-5-9-18)14-21(13-17)23-16-19-10-6-3-7-11-19/h2,4-6,8-14H,3,7,15-16H2,1H3. The number of allylic oxidation sites excluding steroid dienone is 2. The highest BCUT2D eigenvalue weighted by atomic mass is 16.5. The highest BCUT2D eigenvalue weighted by molar-refractivity contribution is 5.38. The first kappa shape index (κ1) is 15.4. The molecule has 0 saturated carbocycles. The van der Waals surface area contributed by atoms with Crippen LogP contribution in [0, 0.1) is 6.92 Å². The molecule has 2 heteroatoms. The summed E-state index contributed by atoms with van der Waals surface area (Å²) >= 11 is 0. The Kier molecular flexibility index (Phi) is 5.15. The summed E-state index contributed by atoms with van der Waals surface area (Å²) in [5.41, 5.74) is 3.54. The lowest BCUT2D eigenvalue weighted by Gasteiger charge is -2.12. The SMILES string of the molecule is Cc1cc(OCC2=CCCC=C2)cc(OCc2ccccc2)c1. The molecule has 0 aromatic heterocycles. The number of aryl methyl sites for hydroxylation is 1. The Morgan fingerprint density at radius 2 is 1.61 bits per heavy atom. The van der Waals surface area contributed by atoms with Crippen LogP contribution < -0.4 is 9.47 Å². The van der Waals surface area contributed by atoms with Gasteiger partial charge in [0.25, 0.3) is 0 Å². The summed E-state index contributed by atoms with van der Waals surface area (Å²) in [5.74, 6) is 1.70. The first-order valence-electron chi connectivity index (χ1n) is 8.06. The van der Waals surface area contributed by atoms with E-state index in [4.69, 9.17) is 9.47 Å². The summed E-state index contributed by atoms with van der Waals surface area (Å²) in [6.07, 6.45) is 8.82. The minimum Gasteiger partial charge on any atom is -0.489 e. The molecule has 2 aromatic carbocycles. The maximum atomic E-state index is 5.92. The molecule has 0 aliphatic heterocycles. The minimum atomic E-state index is 0.567. The largest absolute Gasteiger partial charge is 0.489 e. The summed E-state index contributed by atoms with van der Waals surface area (Å²) < 4.78 is 11.8. The zero-order valence-electron chi connectivity index (χ0n) is 13.5. The van der Waals surface area contributed by atoms with Gasteiger partial charge in [0.15, 0.2) is 0 Å². The predicted molar refractivity (Wildman–Crippen MR) is 93.9 cm³/mol. The molecule has 0 spiro atoms. The molecule has 0 heterocycles. The molecule has 23 heavy (non-hydrogen) atoms. The predicted octanol–water partition coefficient (Wildman–Crippen LogP) is 5.23. The van der Waals surface area contributed by atoms with E-state index in [9.17, 15) is 0 Å². The lowest BCUT2D eigenvalue weighted by atomic mass is 10.1. The lowest BCUT2D eigenvalue weighted by molar-refractivity contribution is 0.301. The van der Waals surface area contributed by atoms with Gasteiger partial charge in [0, 0.05) is 6.07 Å². The number of rotatable bonds is 6. The molecule has 1 aliphatic carbocycles. The van der Waals surface area contributed by atoms with Crippen molar-refractivity contribution in [1.82, 2.24) is 0 Å². The smallest absolute Gasteiger partial charge is 0.123 e. The van der Waals surface area contributed by atoms with E-state index in [0.29, 0.717) is 13.2 Å². The van der Waals surface area contributed by atoms with Crippen LogP contribution in [0.4, 0.5) is 0 Å². The summed E-state index contributed by atoms with van der Waals surface area (Å²) in [6, 6.07) is 16.2. The van der Waals surface area contributed by atoms with E-state index in [-0.39, 0.29) is 0 Å². The molecule has 0 saturated heterocycles. The number of hydrogen-bond acceptors (Lipinski definition) is 2. The monoisotopic (exact) mass is 306 g/mol. The Labute approximate surface area is 138 Å². The third kappa shape index (κ3) is 4.75. The van der Waals surface area contributed by atoms with Gasteiger partial charge in [-0.1, -0.05) is 48.6 Å². The van der Waals surface area contributed by atoms with Crippen molar-refractivity contribution in [2.24, 2.45) is 0 Å². The summed E-state index contributed by atoms with van der Waals surface area (Å²) in [7, 11) is 0. The fourth-order valence-electron chi connectivity index (χ4n) is 2.56. The molecule has 0 radical (unpaired) electrons. The molecule has 0 bridgehead atoms. The Balaban J connectivity index is 1.62. The van der Waals surface area contributed by atoms with Crippen LogP contribution >= 0.6 is 0 Å². The Morgan fingerprint density at radius 3 is 2.30 bits per heavy atom. The van der Waals surface area contributed by atoms with Gasteiger partial charge >= 0.3 is 0 Å². The van der Waals surface area contributed by atoms with Crippen LogP contribution in [0.5, 0.6) is 11.5 Å². The number of hydrogen-bond donors (Lipinski definition) is 0. The lowest BCUT2D eigenvalue weighted by Crippen LogP contribution is -2.02. The molecule has 0 fully saturated rings. The van der Waals surface area contributed by atoms with E-state index >= 15 is 0 Å². The van der Waals surface area contributed by atoms with Crippen LogP contribution in [0.3, 0.4) is 0 Å². The quantitative estimate of drug-likeness (QED) is 0.727. The Hall–Kier alpha value is -2.48. The van der Waals surface area contributed by atoms with Gasteiger partial charge < -0.3 is 9.47 Å². The first-order chi connectivity index (χ1) is 11.3. The zero-order chi connectivity index (χ0) is 15.9. The van der Waals surface area contributed by atoms with Crippen molar-refractivity contribution in [1.29, 1.82) is 0 Å². The van der Waals surface area contributed by atoms with Gasteiger partial charge in [0.05, 0.1) is 0 Å².